The minimum Gasteiger partial charge on any atom is -0.486 e. The molecule has 1 aromatic rings. The summed E-state index contributed by atoms with van der Waals surface area (Å²) in [5, 5.41) is 0. The van der Waals surface area contributed by atoms with Crippen molar-refractivity contribution in [1.29, 1.82) is 0 Å². The van der Waals surface area contributed by atoms with Crippen LogP contribution in [0.1, 0.15) is 39.7 Å². The van der Waals surface area contributed by atoms with Crippen molar-refractivity contribution >= 4 is 5.78 Å². The number of ether oxygens (including phenoxy) is 1. The number of carbonyl (C=O) groups is 1. The van der Waals surface area contributed by atoms with E-state index in [1.54, 1.807) is 0 Å². The van der Waals surface area contributed by atoms with Gasteiger partial charge in [-0.25, -0.2) is 0 Å². The fourth-order valence-corrected chi connectivity index (χ4v) is 1.75. The van der Waals surface area contributed by atoms with E-state index < -0.39 is 0 Å². The summed E-state index contributed by atoms with van der Waals surface area (Å²) in [6.45, 7) is 8.10. The monoisotopic (exact) mass is 291 g/mol. The molecule has 1 unspecified atom stereocenters. The fraction of sp³-hybridized carbons (Fsp3) is 0.611. The number of ketones is 1. The van der Waals surface area contributed by atoms with Crippen molar-refractivity contribution in [2.75, 3.05) is 20.7 Å². The average molecular weight is 291 g/mol. The number of nitrogens with zero attached hydrogens (tertiary/aromatic N) is 1. The molecule has 21 heavy (non-hydrogen) atoms. The van der Waals surface area contributed by atoms with Gasteiger partial charge in [-0.1, -0.05) is 32.9 Å². The number of benzene rings is 1. The maximum Gasteiger partial charge on any atom is 0.175 e. The molecule has 0 saturated carbocycles. The Balaban J connectivity index is 2.46. The van der Waals surface area contributed by atoms with Gasteiger partial charge in [-0.05, 0) is 51.6 Å². The maximum atomic E-state index is 11.8. The van der Waals surface area contributed by atoms with E-state index in [0.717, 1.165) is 18.6 Å². The quantitative estimate of drug-likeness (QED) is 0.769. The van der Waals surface area contributed by atoms with Gasteiger partial charge in [0.2, 0.25) is 0 Å². The standard InChI is InChI=1S/C18H29NO2/c1-14(19(5)6)7-8-15-9-11-16(12-10-15)21-13-17(20)18(2,3)4/h9-12,14H,7-8,13H2,1-6H3. The lowest BCUT2D eigenvalue weighted by Crippen LogP contribution is -2.26. The SMILES string of the molecule is CC(CCc1ccc(OCC(=O)C(C)(C)C)cc1)N(C)C. The smallest absolute Gasteiger partial charge is 0.175 e. The molecule has 0 fully saturated rings. The van der Waals surface area contributed by atoms with Gasteiger partial charge >= 0.3 is 0 Å². The number of hydrogen-bond donors (Lipinski definition) is 0. The van der Waals surface area contributed by atoms with E-state index in [1.165, 1.54) is 5.56 Å². The van der Waals surface area contributed by atoms with Crippen LogP contribution in [-0.4, -0.2) is 37.4 Å². The highest BCUT2D eigenvalue weighted by Crippen LogP contribution is 2.18. The van der Waals surface area contributed by atoms with Crippen LogP contribution in [0.3, 0.4) is 0 Å². The lowest BCUT2D eigenvalue weighted by molar-refractivity contribution is -0.128. The van der Waals surface area contributed by atoms with Gasteiger partial charge in [-0.3, -0.25) is 4.79 Å². The molecular weight excluding hydrogens is 262 g/mol. The molecule has 118 valence electrons. The third-order valence-electron chi connectivity index (χ3n) is 3.86. The lowest BCUT2D eigenvalue weighted by Gasteiger charge is -2.19. The average Bonchev–Trinajstić information content (AvgIpc) is 2.42. The Hall–Kier alpha value is -1.35. The summed E-state index contributed by atoms with van der Waals surface area (Å²) in [4.78, 5) is 14.0. The van der Waals surface area contributed by atoms with Crippen molar-refractivity contribution in [1.82, 2.24) is 4.90 Å². The van der Waals surface area contributed by atoms with E-state index in [2.05, 4.69) is 38.1 Å². The van der Waals surface area contributed by atoms with Crippen LogP contribution in [0.25, 0.3) is 0 Å². The van der Waals surface area contributed by atoms with Crippen molar-refractivity contribution in [2.45, 2.75) is 46.6 Å². The zero-order valence-electron chi connectivity index (χ0n) is 14.3. The molecule has 0 aromatic heterocycles. The van der Waals surface area contributed by atoms with E-state index in [0.29, 0.717) is 6.04 Å². The van der Waals surface area contributed by atoms with E-state index in [4.69, 9.17) is 4.74 Å². The van der Waals surface area contributed by atoms with Crippen LogP contribution in [0.4, 0.5) is 0 Å². The van der Waals surface area contributed by atoms with Gasteiger partial charge in [0, 0.05) is 11.5 Å². The first-order valence-corrected chi connectivity index (χ1v) is 7.61. The highest BCUT2D eigenvalue weighted by Gasteiger charge is 2.21. The van der Waals surface area contributed by atoms with Crippen LogP contribution in [0.15, 0.2) is 24.3 Å². The third kappa shape index (κ3) is 6.30. The van der Waals surface area contributed by atoms with Gasteiger partial charge in [0.1, 0.15) is 12.4 Å². The second-order valence-electron chi connectivity index (χ2n) is 6.96. The Bertz CT molecular complexity index is 443. The van der Waals surface area contributed by atoms with E-state index >= 15 is 0 Å². The molecule has 0 aliphatic heterocycles. The molecule has 1 aromatic carbocycles. The molecule has 0 spiro atoms. The fourth-order valence-electron chi connectivity index (χ4n) is 1.75. The van der Waals surface area contributed by atoms with E-state index in [-0.39, 0.29) is 17.8 Å². The molecule has 1 atom stereocenters. The van der Waals surface area contributed by atoms with Gasteiger partial charge in [0.05, 0.1) is 0 Å². The number of carbonyl (C=O) groups excluding carboxylic acids is 1. The second-order valence-corrected chi connectivity index (χ2v) is 6.96. The van der Waals surface area contributed by atoms with Crippen LogP contribution >= 0.6 is 0 Å². The molecule has 0 saturated heterocycles. The number of aryl methyl sites for hydroxylation is 1. The first-order chi connectivity index (χ1) is 9.70. The zero-order chi connectivity index (χ0) is 16.0. The highest BCUT2D eigenvalue weighted by atomic mass is 16.5. The second kappa shape index (κ2) is 7.60. The van der Waals surface area contributed by atoms with Crippen LogP contribution in [-0.2, 0) is 11.2 Å². The summed E-state index contributed by atoms with van der Waals surface area (Å²) in [5.41, 5.74) is 0.959. The molecule has 1 rings (SSSR count). The Morgan fingerprint density at radius 3 is 2.24 bits per heavy atom. The van der Waals surface area contributed by atoms with Gasteiger partial charge in [0.15, 0.2) is 5.78 Å². The maximum absolute atomic E-state index is 11.8. The van der Waals surface area contributed by atoms with Gasteiger partial charge in [0.25, 0.3) is 0 Å². The minimum atomic E-state index is -0.345. The number of Topliss-reactive ketones (excluding diaryl/α,β-unsaturated/α-hetero) is 1. The Labute approximate surface area is 129 Å². The molecule has 0 radical (unpaired) electrons. The molecule has 3 heteroatoms. The highest BCUT2D eigenvalue weighted by molar-refractivity contribution is 5.85. The first-order valence-electron chi connectivity index (χ1n) is 7.61. The van der Waals surface area contributed by atoms with E-state index in [1.807, 2.05) is 32.9 Å². The summed E-state index contributed by atoms with van der Waals surface area (Å²) < 4.78 is 5.56. The summed E-state index contributed by atoms with van der Waals surface area (Å²) in [5.74, 6) is 0.878. The molecule has 0 heterocycles. The molecule has 0 aliphatic carbocycles. The minimum absolute atomic E-state index is 0.117. The lowest BCUT2D eigenvalue weighted by atomic mass is 9.91. The molecule has 0 amide bonds. The summed E-state index contributed by atoms with van der Waals surface area (Å²) >= 11 is 0. The van der Waals surface area contributed by atoms with Gasteiger partial charge < -0.3 is 9.64 Å². The van der Waals surface area contributed by atoms with Gasteiger partial charge in [-0.15, -0.1) is 0 Å². The molecular formula is C18H29NO2. The summed E-state index contributed by atoms with van der Waals surface area (Å²) in [6, 6.07) is 8.64. The van der Waals surface area contributed by atoms with Crippen LogP contribution in [0.5, 0.6) is 5.75 Å². The van der Waals surface area contributed by atoms with Crippen molar-refractivity contribution in [2.24, 2.45) is 5.41 Å². The molecule has 3 nitrogen and oxygen atoms in total. The third-order valence-corrected chi connectivity index (χ3v) is 3.86. The Morgan fingerprint density at radius 2 is 1.76 bits per heavy atom. The van der Waals surface area contributed by atoms with Crippen LogP contribution in [0.2, 0.25) is 0 Å². The summed E-state index contributed by atoms with van der Waals surface area (Å²) in [7, 11) is 4.21. The molecule has 0 N–H and O–H groups in total. The van der Waals surface area contributed by atoms with Crippen molar-refractivity contribution in [3.8, 4) is 5.75 Å². The van der Waals surface area contributed by atoms with Crippen molar-refractivity contribution in [3.63, 3.8) is 0 Å². The Morgan fingerprint density at radius 1 is 1.19 bits per heavy atom. The predicted molar refractivity (Wildman–Crippen MR) is 87.9 cm³/mol. The van der Waals surface area contributed by atoms with Crippen LogP contribution < -0.4 is 4.74 Å². The first kappa shape index (κ1) is 17.7. The van der Waals surface area contributed by atoms with E-state index in [9.17, 15) is 4.79 Å². The molecule has 0 aliphatic rings. The number of rotatable bonds is 7. The topological polar surface area (TPSA) is 29.5 Å². The van der Waals surface area contributed by atoms with Crippen molar-refractivity contribution < 1.29 is 9.53 Å². The Kier molecular flexibility index (Phi) is 6.41. The predicted octanol–water partition coefficient (Wildman–Crippen LogP) is 3.56. The summed E-state index contributed by atoms with van der Waals surface area (Å²) in [6.07, 6.45) is 2.19. The van der Waals surface area contributed by atoms with Gasteiger partial charge in [-0.2, -0.15) is 0 Å². The molecule has 0 bridgehead atoms. The van der Waals surface area contributed by atoms with Crippen molar-refractivity contribution in [3.05, 3.63) is 29.8 Å². The largest absolute Gasteiger partial charge is 0.486 e. The number of hydrogen-bond acceptors (Lipinski definition) is 3. The zero-order valence-corrected chi connectivity index (χ0v) is 14.3. The van der Waals surface area contributed by atoms with Crippen LogP contribution in [0, 0.1) is 5.41 Å². The normalized spacial score (nSPS) is 13.3.